The standard InChI is InChI=1S/C14H17NO4/c16-8-12(18)7-15-11-3-1-2-10(6-11)14-5-4-13(9-17)19-14/h1-6,12,15-18H,7-9H2. The zero-order valence-electron chi connectivity index (χ0n) is 10.4. The fourth-order valence-corrected chi connectivity index (χ4v) is 1.70. The Kier molecular flexibility index (Phi) is 4.57. The average molecular weight is 263 g/mol. The summed E-state index contributed by atoms with van der Waals surface area (Å²) in [6.07, 6.45) is -0.784. The molecule has 0 aliphatic heterocycles. The molecular formula is C14H17NO4. The van der Waals surface area contributed by atoms with Crippen LogP contribution in [-0.4, -0.2) is 34.6 Å². The molecule has 0 bridgehead atoms. The third-order valence-corrected chi connectivity index (χ3v) is 2.72. The number of rotatable bonds is 6. The molecule has 1 atom stereocenters. The summed E-state index contributed by atoms with van der Waals surface area (Å²) in [6, 6.07) is 11.0. The van der Waals surface area contributed by atoms with E-state index in [9.17, 15) is 5.11 Å². The van der Waals surface area contributed by atoms with E-state index in [2.05, 4.69) is 5.32 Å². The summed E-state index contributed by atoms with van der Waals surface area (Å²) in [5.74, 6) is 1.19. The molecule has 5 heteroatoms. The monoisotopic (exact) mass is 263 g/mol. The lowest BCUT2D eigenvalue weighted by Gasteiger charge is -2.10. The molecule has 1 aromatic carbocycles. The molecule has 1 heterocycles. The van der Waals surface area contributed by atoms with Crippen LogP contribution in [0.5, 0.6) is 0 Å². The predicted octanol–water partition coefficient (Wildman–Crippen LogP) is 1.20. The van der Waals surface area contributed by atoms with E-state index in [-0.39, 0.29) is 19.8 Å². The van der Waals surface area contributed by atoms with Crippen molar-refractivity contribution in [3.05, 3.63) is 42.2 Å². The van der Waals surface area contributed by atoms with Crippen molar-refractivity contribution < 1.29 is 19.7 Å². The lowest BCUT2D eigenvalue weighted by atomic mass is 10.1. The second-order valence-electron chi connectivity index (χ2n) is 4.22. The van der Waals surface area contributed by atoms with Gasteiger partial charge in [0.15, 0.2) is 0 Å². The van der Waals surface area contributed by atoms with Crippen molar-refractivity contribution in [3.63, 3.8) is 0 Å². The Morgan fingerprint density at radius 1 is 1.16 bits per heavy atom. The maximum absolute atomic E-state index is 9.28. The van der Waals surface area contributed by atoms with Gasteiger partial charge in [0.2, 0.25) is 0 Å². The van der Waals surface area contributed by atoms with E-state index >= 15 is 0 Å². The number of furan rings is 1. The Hall–Kier alpha value is -1.82. The highest BCUT2D eigenvalue weighted by Crippen LogP contribution is 2.24. The van der Waals surface area contributed by atoms with Crippen molar-refractivity contribution in [1.82, 2.24) is 0 Å². The van der Waals surface area contributed by atoms with E-state index < -0.39 is 6.10 Å². The zero-order chi connectivity index (χ0) is 13.7. The molecule has 1 aromatic heterocycles. The van der Waals surface area contributed by atoms with Crippen LogP contribution in [0.4, 0.5) is 5.69 Å². The molecule has 0 aliphatic carbocycles. The van der Waals surface area contributed by atoms with E-state index in [1.165, 1.54) is 0 Å². The summed E-state index contributed by atoms with van der Waals surface area (Å²) in [6.45, 7) is -0.120. The van der Waals surface area contributed by atoms with Crippen molar-refractivity contribution in [2.45, 2.75) is 12.7 Å². The van der Waals surface area contributed by atoms with Gasteiger partial charge in [-0.3, -0.25) is 0 Å². The van der Waals surface area contributed by atoms with E-state index in [0.29, 0.717) is 11.5 Å². The van der Waals surface area contributed by atoms with E-state index in [1.54, 1.807) is 12.1 Å². The minimum absolute atomic E-state index is 0.124. The van der Waals surface area contributed by atoms with Gasteiger partial charge in [-0.2, -0.15) is 0 Å². The molecule has 5 nitrogen and oxygen atoms in total. The minimum atomic E-state index is -0.784. The van der Waals surface area contributed by atoms with Crippen LogP contribution in [0.25, 0.3) is 11.3 Å². The Balaban J connectivity index is 2.10. The molecule has 0 saturated carbocycles. The van der Waals surface area contributed by atoms with Crippen molar-refractivity contribution in [1.29, 1.82) is 0 Å². The number of hydrogen-bond acceptors (Lipinski definition) is 5. The number of benzene rings is 1. The lowest BCUT2D eigenvalue weighted by Crippen LogP contribution is -2.22. The Bertz CT molecular complexity index is 524. The third-order valence-electron chi connectivity index (χ3n) is 2.72. The van der Waals surface area contributed by atoms with Gasteiger partial charge in [-0.15, -0.1) is 0 Å². The van der Waals surface area contributed by atoms with Crippen molar-refractivity contribution in [2.24, 2.45) is 0 Å². The van der Waals surface area contributed by atoms with Crippen LogP contribution in [0, 0.1) is 0 Å². The largest absolute Gasteiger partial charge is 0.459 e. The molecule has 0 amide bonds. The van der Waals surface area contributed by atoms with Crippen molar-refractivity contribution in [2.75, 3.05) is 18.5 Å². The van der Waals surface area contributed by atoms with Gasteiger partial charge in [0.05, 0.1) is 12.7 Å². The Labute approximate surface area is 111 Å². The summed E-state index contributed by atoms with van der Waals surface area (Å²) in [7, 11) is 0. The first-order valence-corrected chi connectivity index (χ1v) is 6.05. The highest BCUT2D eigenvalue weighted by molar-refractivity contribution is 5.64. The molecule has 0 saturated heterocycles. The van der Waals surface area contributed by atoms with Crippen molar-refractivity contribution in [3.8, 4) is 11.3 Å². The SMILES string of the molecule is OCc1ccc(-c2cccc(NCC(O)CO)c2)o1. The number of nitrogens with one attached hydrogen (secondary N) is 1. The number of aliphatic hydroxyl groups excluding tert-OH is 3. The molecule has 0 radical (unpaired) electrons. The second-order valence-corrected chi connectivity index (χ2v) is 4.22. The highest BCUT2D eigenvalue weighted by Gasteiger charge is 2.06. The van der Waals surface area contributed by atoms with Gasteiger partial charge in [-0.1, -0.05) is 12.1 Å². The minimum Gasteiger partial charge on any atom is -0.459 e. The smallest absolute Gasteiger partial charge is 0.134 e. The molecule has 0 spiro atoms. The maximum Gasteiger partial charge on any atom is 0.134 e. The van der Waals surface area contributed by atoms with Crippen LogP contribution >= 0.6 is 0 Å². The van der Waals surface area contributed by atoms with Gasteiger partial charge in [-0.05, 0) is 24.3 Å². The summed E-state index contributed by atoms with van der Waals surface area (Å²) in [5.41, 5.74) is 1.70. The molecule has 1 unspecified atom stereocenters. The molecule has 102 valence electrons. The van der Waals surface area contributed by atoms with Crippen molar-refractivity contribution >= 4 is 5.69 Å². The summed E-state index contributed by atoms with van der Waals surface area (Å²) < 4.78 is 5.45. The summed E-state index contributed by atoms with van der Waals surface area (Å²) in [4.78, 5) is 0. The summed E-state index contributed by atoms with van der Waals surface area (Å²) in [5, 5.41) is 30.0. The molecule has 2 aromatic rings. The second kappa shape index (κ2) is 6.38. The van der Waals surface area contributed by atoms with E-state index in [0.717, 1.165) is 11.3 Å². The molecular weight excluding hydrogens is 246 g/mol. The molecule has 0 aliphatic rings. The van der Waals surface area contributed by atoms with Gasteiger partial charge in [0, 0.05) is 17.8 Å². The maximum atomic E-state index is 9.28. The van der Waals surface area contributed by atoms with E-state index in [1.807, 2.05) is 24.3 Å². The first-order valence-electron chi connectivity index (χ1n) is 6.05. The van der Waals surface area contributed by atoms with E-state index in [4.69, 9.17) is 14.6 Å². The van der Waals surface area contributed by atoms with Gasteiger partial charge in [0.1, 0.15) is 18.1 Å². The van der Waals surface area contributed by atoms with Crippen LogP contribution in [0.15, 0.2) is 40.8 Å². The number of aliphatic hydroxyl groups is 3. The molecule has 0 fully saturated rings. The number of anilines is 1. The Morgan fingerprint density at radius 3 is 2.68 bits per heavy atom. The van der Waals surface area contributed by atoms with Crippen LogP contribution in [0.2, 0.25) is 0 Å². The third kappa shape index (κ3) is 3.57. The first kappa shape index (κ1) is 13.6. The van der Waals surface area contributed by atoms with Gasteiger partial charge < -0.3 is 25.1 Å². The molecule has 2 rings (SSSR count). The van der Waals surface area contributed by atoms with Crippen LogP contribution in [0.3, 0.4) is 0 Å². The quantitative estimate of drug-likeness (QED) is 0.629. The van der Waals surface area contributed by atoms with Crippen LogP contribution in [-0.2, 0) is 6.61 Å². The Morgan fingerprint density at radius 2 is 2.00 bits per heavy atom. The molecule has 19 heavy (non-hydrogen) atoms. The normalized spacial score (nSPS) is 12.4. The fourth-order valence-electron chi connectivity index (χ4n) is 1.70. The van der Waals surface area contributed by atoms with Gasteiger partial charge in [-0.25, -0.2) is 0 Å². The van der Waals surface area contributed by atoms with Gasteiger partial charge in [0.25, 0.3) is 0 Å². The van der Waals surface area contributed by atoms with Crippen LogP contribution in [0.1, 0.15) is 5.76 Å². The predicted molar refractivity (Wildman–Crippen MR) is 71.6 cm³/mol. The van der Waals surface area contributed by atoms with Gasteiger partial charge >= 0.3 is 0 Å². The summed E-state index contributed by atoms with van der Waals surface area (Å²) >= 11 is 0. The zero-order valence-corrected chi connectivity index (χ0v) is 10.4. The average Bonchev–Trinajstić information content (AvgIpc) is 2.94. The topological polar surface area (TPSA) is 85.9 Å². The first-order chi connectivity index (χ1) is 9.22. The highest BCUT2D eigenvalue weighted by atomic mass is 16.4. The lowest BCUT2D eigenvalue weighted by molar-refractivity contribution is 0.105. The molecule has 4 N–H and O–H groups in total. The fraction of sp³-hybridized carbons (Fsp3) is 0.286. The van der Waals surface area contributed by atoms with Crippen LogP contribution < -0.4 is 5.32 Å². The number of hydrogen-bond donors (Lipinski definition) is 4.